The van der Waals surface area contributed by atoms with Crippen LogP contribution >= 0.6 is 11.3 Å². The Kier molecular flexibility index (Phi) is 4.46. The van der Waals surface area contributed by atoms with Gasteiger partial charge in [-0.1, -0.05) is 24.3 Å². The monoisotopic (exact) mass is 325 g/mol. The Hall–Kier alpha value is -1.70. The topological polar surface area (TPSA) is 83.5 Å². The van der Waals surface area contributed by atoms with E-state index in [2.05, 4.69) is 4.72 Å². The van der Waals surface area contributed by atoms with E-state index in [4.69, 9.17) is 5.11 Å². The van der Waals surface area contributed by atoms with E-state index >= 15 is 0 Å². The predicted molar refractivity (Wildman–Crippen MR) is 81.2 cm³/mol. The van der Waals surface area contributed by atoms with Crippen molar-refractivity contribution in [3.8, 4) is 0 Å². The fourth-order valence-electron chi connectivity index (χ4n) is 2.00. The zero-order valence-electron chi connectivity index (χ0n) is 11.5. The van der Waals surface area contributed by atoms with Crippen LogP contribution in [0.15, 0.2) is 39.9 Å². The summed E-state index contributed by atoms with van der Waals surface area (Å²) in [6.45, 7) is 3.67. The SMILES string of the molecule is Cc1ccccc1[C@@H](C)NS(=O)(=O)c1cc(C(=O)O)cs1. The lowest BCUT2D eigenvalue weighted by Crippen LogP contribution is -2.26. The average molecular weight is 325 g/mol. The Morgan fingerprint density at radius 3 is 2.57 bits per heavy atom. The molecule has 2 aromatic rings. The van der Waals surface area contributed by atoms with Crippen molar-refractivity contribution < 1.29 is 18.3 Å². The van der Waals surface area contributed by atoms with E-state index in [1.54, 1.807) is 6.92 Å². The summed E-state index contributed by atoms with van der Waals surface area (Å²) in [5.74, 6) is -1.14. The largest absolute Gasteiger partial charge is 0.478 e. The summed E-state index contributed by atoms with van der Waals surface area (Å²) >= 11 is 0.895. The van der Waals surface area contributed by atoms with Crippen LogP contribution in [0.25, 0.3) is 0 Å². The van der Waals surface area contributed by atoms with Crippen LogP contribution in [0.1, 0.15) is 34.5 Å². The maximum atomic E-state index is 12.3. The smallest absolute Gasteiger partial charge is 0.336 e. The third kappa shape index (κ3) is 3.49. The van der Waals surface area contributed by atoms with E-state index in [1.165, 1.54) is 11.4 Å². The fourth-order valence-corrected chi connectivity index (χ4v) is 4.39. The molecule has 112 valence electrons. The van der Waals surface area contributed by atoms with Gasteiger partial charge in [0, 0.05) is 11.4 Å². The Bertz CT molecular complexity index is 765. The number of carboxylic acids is 1. The van der Waals surface area contributed by atoms with Crippen molar-refractivity contribution in [1.29, 1.82) is 0 Å². The molecule has 1 heterocycles. The first kappa shape index (κ1) is 15.7. The summed E-state index contributed by atoms with van der Waals surface area (Å²) in [6, 6.07) is 8.28. The molecule has 1 aromatic carbocycles. The number of carbonyl (C=O) groups is 1. The lowest BCUT2D eigenvalue weighted by Gasteiger charge is -2.15. The molecule has 0 saturated carbocycles. The molecule has 0 fully saturated rings. The highest BCUT2D eigenvalue weighted by molar-refractivity contribution is 7.91. The molecular formula is C14H15NO4S2. The van der Waals surface area contributed by atoms with E-state index in [0.717, 1.165) is 22.5 Å². The molecule has 0 aliphatic heterocycles. The molecule has 5 nitrogen and oxygen atoms in total. The second-order valence-electron chi connectivity index (χ2n) is 4.66. The van der Waals surface area contributed by atoms with Gasteiger partial charge in [-0.25, -0.2) is 17.9 Å². The maximum absolute atomic E-state index is 12.3. The standard InChI is InChI=1S/C14H15NO4S2/c1-9-5-3-4-6-12(9)10(2)15-21(18,19)13-7-11(8-20-13)14(16)17/h3-8,10,15H,1-2H3,(H,16,17)/t10-/m1/s1. The normalized spacial score (nSPS) is 13.0. The van der Waals surface area contributed by atoms with E-state index in [1.807, 2.05) is 31.2 Å². The van der Waals surface area contributed by atoms with Gasteiger partial charge in [-0.05, 0) is 31.0 Å². The number of aryl methyl sites for hydroxylation is 1. The van der Waals surface area contributed by atoms with Gasteiger partial charge in [0.1, 0.15) is 4.21 Å². The molecule has 1 aromatic heterocycles. The van der Waals surface area contributed by atoms with E-state index in [-0.39, 0.29) is 9.77 Å². The minimum absolute atomic E-state index is 0.000309. The highest BCUT2D eigenvalue weighted by Gasteiger charge is 2.22. The summed E-state index contributed by atoms with van der Waals surface area (Å²) in [5, 5.41) is 10.2. The van der Waals surface area contributed by atoms with Crippen molar-refractivity contribution in [1.82, 2.24) is 4.72 Å². The summed E-state index contributed by atoms with van der Waals surface area (Å²) in [5.41, 5.74) is 1.85. The van der Waals surface area contributed by atoms with E-state index in [9.17, 15) is 13.2 Å². The molecule has 0 aliphatic rings. The number of nitrogens with one attached hydrogen (secondary N) is 1. The summed E-state index contributed by atoms with van der Waals surface area (Å²) < 4.78 is 27.1. The Morgan fingerprint density at radius 1 is 1.33 bits per heavy atom. The number of thiophene rings is 1. The third-order valence-corrected chi connectivity index (χ3v) is 6.05. The van der Waals surface area contributed by atoms with Crippen molar-refractivity contribution in [2.24, 2.45) is 0 Å². The average Bonchev–Trinajstić information content (AvgIpc) is 2.89. The molecule has 0 bridgehead atoms. The number of carboxylic acid groups (broad SMARTS) is 1. The molecule has 0 amide bonds. The highest BCUT2D eigenvalue weighted by atomic mass is 32.2. The first-order valence-electron chi connectivity index (χ1n) is 6.21. The molecule has 7 heteroatoms. The predicted octanol–water partition coefficient (Wildman–Crippen LogP) is 2.79. The van der Waals surface area contributed by atoms with Gasteiger partial charge < -0.3 is 5.11 Å². The molecule has 21 heavy (non-hydrogen) atoms. The van der Waals surface area contributed by atoms with Crippen molar-refractivity contribution in [3.63, 3.8) is 0 Å². The van der Waals surface area contributed by atoms with Gasteiger partial charge in [0.05, 0.1) is 5.56 Å². The van der Waals surface area contributed by atoms with Crippen molar-refractivity contribution in [2.45, 2.75) is 24.1 Å². The van der Waals surface area contributed by atoms with Gasteiger partial charge in [-0.15, -0.1) is 11.3 Å². The molecule has 0 spiro atoms. The van der Waals surface area contributed by atoms with Crippen LogP contribution in [0.3, 0.4) is 0 Å². The Labute approximate surface area is 127 Å². The number of sulfonamides is 1. The minimum atomic E-state index is -3.73. The molecule has 2 rings (SSSR count). The van der Waals surface area contributed by atoms with Gasteiger partial charge >= 0.3 is 5.97 Å². The lowest BCUT2D eigenvalue weighted by atomic mass is 10.0. The first-order valence-corrected chi connectivity index (χ1v) is 8.57. The van der Waals surface area contributed by atoms with Crippen LogP contribution in [-0.4, -0.2) is 19.5 Å². The van der Waals surface area contributed by atoms with Gasteiger partial charge in [-0.3, -0.25) is 0 Å². The van der Waals surface area contributed by atoms with Crippen molar-refractivity contribution >= 4 is 27.3 Å². The molecule has 0 saturated heterocycles. The van der Waals surface area contributed by atoms with E-state index in [0.29, 0.717) is 0 Å². The van der Waals surface area contributed by atoms with Gasteiger partial charge in [0.15, 0.2) is 0 Å². The Balaban J connectivity index is 2.24. The van der Waals surface area contributed by atoms with Gasteiger partial charge in [0.2, 0.25) is 0 Å². The van der Waals surface area contributed by atoms with Crippen molar-refractivity contribution in [3.05, 3.63) is 52.4 Å². The molecule has 0 aliphatic carbocycles. The summed E-state index contributed by atoms with van der Waals surface area (Å²) in [7, 11) is -3.73. The van der Waals surface area contributed by atoms with Crippen LogP contribution in [0, 0.1) is 6.92 Å². The number of hydrogen-bond acceptors (Lipinski definition) is 4. The number of hydrogen-bond donors (Lipinski definition) is 2. The quantitative estimate of drug-likeness (QED) is 0.885. The Morgan fingerprint density at radius 2 is 2.00 bits per heavy atom. The van der Waals surface area contributed by atoms with Crippen LogP contribution in [0.5, 0.6) is 0 Å². The zero-order chi connectivity index (χ0) is 15.6. The summed E-state index contributed by atoms with van der Waals surface area (Å²) in [4.78, 5) is 10.8. The van der Waals surface area contributed by atoms with Gasteiger partial charge in [-0.2, -0.15) is 0 Å². The van der Waals surface area contributed by atoms with E-state index < -0.39 is 22.0 Å². The molecular weight excluding hydrogens is 310 g/mol. The molecule has 0 radical (unpaired) electrons. The van der Waals surface area contributed by atoms with Crippen LogP contribution < -0.4 is 4.72 Å². The van der Waals surface area contributed by atoms with Crippen LogP contribution in [-0.2, 0) is 10.0 Å². The second-order valence-corrected chi connectivity index (χ2v) is 7.51. The fraction of sp³-hybridized carbons (Fsp3) is 0.214. The van der Waals surface area contributed by atoms with Crippen LogP contribution in [0.2, 0.25) is 0 Å². The molecule has 1 atom stereocenters. The summed E-state index contributed by atoms with van der Waals surface area (Å²) in [6.07, 6.45) is 0. The minimum Gasteiger partial charge on any atom is -0.478 e. The van der Waals surface area contributed by atoms with Crippen molar-refractivity contribution in [2.75, 3.05) is 0 Å². The third-order valence-electron chi connectivity index (χ3n) is 3.07. The first-order chi connectivity index (χ1) is 9.81. The zero-order valence-corrected chi connectivity index (χ0v) is 13.2. The molecule has 0 unspecified atom stereocenters. The molecule has 2 N–H and O–H groups in total. The lowest BCUT2D eigenvalue weighted by molar-refractivity contribution is 0.0697. The number of aromatic carboxylic acids is 1. The number of benzene rings is 1. The van der Waals surface area contributed by atoms with Crippen LogP contribution in [0.4, 0.5) is 0 Å². The number of rotatable bonds is 5. The second kappa shape index (κ2) is 5.97. The van der Waals surface area contributed by atoms with Gasteiger partial charge in [0.25, 0.3) is 10.0 Å². The highest BCUT2D eigenvalue weighted by Crippen LogP contribution is 2.24. The maximum Gasteiger partial charge on any atom is 0.336 e.